The number of aliphatic hydroxyl groups is 1. The highest BCUT2D eigenvalue weighted by Gasteiger charge is 2.23. The van der Waals surface area contributed by atoms with Crippen molar-refractivity contribution in [2.45, 2.75) is 167 Å². The molecule has 292 valence electrons. The lowest BCUT2D eigenvalue weighted by Gasteiger charge is -2.29. The number of likely N-dealkylation sites (N-methyl/N-ethyl adjacent to an activating group) is 1. The van der Waals surface area contributed by atoms with E-state index >= 15 is 0 Å². The maximum atomic E-state index is 12.8. The van der Waals surface area contributed by atoms with Gasteiger partial charge in [0.05, 0.1) is 39.9 Å². The number of amides is 1. The van der Waals surface area contributed by atoms with E-state index in [1.807, 2.05) is 39.4 Å². The van der Waals surface area contributed by atoms with Gasteiger partial charge in [-0.1, -0.05) is 134 Å². The maximum Gasteiger partial charge on any atom is 0.268 e. The molecule has 0 aromatic rings. The van der Waals surface area contributed by atoms with Crippen LogP contribution in [0.1, 0.15) is 155 Å². The summed E-state index contributed by atoms with van der Waals surface area (Å²) in [4.78, 5) is 36.9. The van der Waals surface area contributed by atoms with E-state index in [1.54, 1.807) is 12.2 Å². The topological polar surface area (TPSA) is 125 Å². The van der Waals surface area contributed by atoms with Crippen LogP contribution in [0.2, 0.25) is 0 Å². The molecule has 0 aromatic carbocycles. The maximum absolute atomic E-state index is 12.8. The molecule has 0 saturated heterocycles. The Hall–Kier alpha value is -1.61. The van der Waals surface area contributed by atoms with Crippen molar-refractivity contribution < 1.29 is 37.7 Å². The van der Waals surface area contributed by atoms with Gasteiger partial charge in [-0.15, -0.1) is 0 Å². The van der Waals surface area contributed by atoms with Crippen LogP contribution >= 0.6 is 7.82 Å². The molecule has 0 fully saturated rings. The average molecular weight is 727 g/mol. The second-order valence-corrected chi connectivity index (χ2v) is 16.1. The number of rotatable bonds is 35. The lowest BCUT2D eigenvalue weighted by Crippen LogP contribution is -2.45. The number of aliphatic hydroxyl groups excluding tert-OH is 1. The van der Waals surface area contributed by atoms with Gasteiger partial charge in [-0.3, -0.25) is 14.2 Å². The Balaban J connectivity index is 4.59. The van der Waals surface area contributed by atoms with Crippen LogP contribution in [0, 0.1) is 0 Å². The quantitative estimate of drug-likeness (QED) is 0.0167. The Bertz CT molecular complexity index is 977. The van der Waals surface area contributed by atoms with Crippen molar-refractivity contribution in [1.29, 1.82) is 0 Å². The molecule has 10 heteroatoms. The third-order valence-electron chi connectivity index (χ3n) is 8.57. The number of allylic oxidation sites excluding steroid dienone is 5. The summed E-state index contributed by atoms with van der Waals surface area (Å²) in [6.45, 7) is 4.42. The molecule has 0 aliphatic carbocycles. The Kier molecular flexibility index (Phi) is 31.0. The fourth-order valence-corrected chi connectivity index (χ4v) is 6.03. The Morgan fingerprint density at radius 2 is 1.26 bits per heavy atom. The van der Waals surface area contributed by atoms with Gasteiger partial charge in [0.2, 0.25) is 5.91 Å². The molecule has 0 aliphatic heterocycles. The van der Waals surface area contributed by atoms with Gasteiger partial charge in [0.15, 0.2) is 5.78 Å². The second-order valence-electron chi connectivity index (χ2n) is 14.7. The van der Waals surface area contributed by atoms with E-state index in [1.165, 1.54) is 51.4 Å². The summed E-state index contributed by atoms with van der Waals surface area (Å²) in [6, 6.07) is -0.914. The van der Waals surface area contributed by atoms with Crippen LogP contribution in [0.4, 0.5) is 0 Å². The van der Waals surface area contributed by atoms with Crippen LogP contribution < -0.4 is 10.2 Å². The van der Waals surface area contributed by atoms with Crippen molar-refractivity contribution in [1.82, 2.24) is 5.32 Å². The lowest BCUT2D eigenvalue weighted by molar-refractivity contribution is -0.870. The van der Waals surface area contributed by atoms with Crippen LogP contribution in [-0.4, -0.2) is 74.3 Å². The second kappa shape index (κ2) is 32.1. The molecule has 50 heavy (non-hydrogen) atoms. The third-order valence-corrected chi connectivity index (χ3v) is 9.53. The highest BCUT2D eigenvalue weighted by atomic mass is 31.2. The normalized spacial score (nSPS) is 14.9. The standard InChI is InChI=1S/C40H75N2O7P/c1-6-8-10-11-12-13-14-15-18-21-24-28-32-39(44)38(36-49-50(46,47)48-35-34-42(3,4)5)41-40(45)33-29-25-22-19-16-17-20-23-27-31-37(43)30-26-9-7-2/h20,23,27-28,31-32,38-39,44H,6-19,21-22,24-26,29-30,33-36H2,1-5H3,(H-,41,45,46,47)/b23-20-,31-27+,32-28+/t38-,39+/m0/s1. The zero-order chi connectivity index (χ0) is 37.4. The lowest BCUT2D eigenvalue weighted by atomic mass is 10.1. The van der Waals surface area contributed by atoms with Crippen molar-refractivity contribution in [3.05, 3.63) is 36.5 Å². The van der Waals surface area contributed by atoms with Crippen molar-refractivity contribution in [2.24, 2.45) is 0 Å². The number of phosphoric acid groups is 1. The third kappa shape index (κ3) is 33.5. The van der Waals surface area contributed by atoms with Crippen LogP contribution in [-0.2, 0) is 23.2 Å². The molecule has 0 heterocycles. The number of nitrogens with one attached hydrogen (secondary N) is 1. The van der Waals surface area contributed by atoms with Crippen LogP contribution in [0.25, 0.3) is 0 Å². The number of carbonyl (C=O) groups is 2. The SMILES string of the molecule is CCCCCCCCCCCC/C=C/[C@@H](O)[C@H](COP(=O)([O-])OCC[N+](C)(C)C)NC(=O)CCCCCCC/C=C\C=C\C(=O)CCCCC. The van der Waals surface area contributed by atoms with Crippen LogP contribution in [0.3, 0.4) is 0 Å². The molecule has 0 saturated carbocycles. The minimum absolute atomic E-state index is 0.0177. The monoisotopic (exact) mass is 727 g/mol. The predicted molar refractivity (Wildman–Crippen MR) is 206 cm³/mol. The zero-order valence-electron chi connectivity index (χ0n) is 32.6. The molecule has 0 aliphatic rings. The van der Waals surface area contributed by atoms with Gasteiger partial charge in [0, 0.05) is 12.8 Å². The summed E-state index contributed by atoms with van der Waals surface area (Å²) < 4.78 is 23.1. The van der Waals surface area contributed by atoms with Crippen molar-refractivity contribution in [3.63, 3.8) is 0 Å². The van der Waals surface area contributed by atoms with Gasteiger partial charge in [-0.05, 0) is 44.6 Å². The molecular formula is C40H75N2O7P. The molecule has 3 atom stereocenters. The Morgan fingerprint density at radius 3 is 1.86 bits per heavy atom. The van der Waals surface area contributed by atoms with E-state index in [9.17, 15) is 24.2 Å². The smallest absolute Gasteiger partial charge is 0.268 e. The first-order valence-electron chi connectivity index (χ1n) is 19.8. The number of carbonyl (C=O) groups excluding carboxylic acids is 2. The number of quaternary nitrogens is 1. The van der Waals surface area contributed by atoms with E-state index in [0.717, 1.165) is 70.6 Å². The number of ketones is 1. The number of hydrogen-bond acceptors (Lipinski definition) is 7. The van der Waals surface area contributed by atoms with Crippen molar-refractivity contribution in [3.8, 4) is 0 Å². The number of phosphoric ester groups is 1. The van der Waals surface area contributed by atoms with E-state index in [-0.39, 0.29) is 24.7 Å². The van der Waals surface area contributed by atoms with Gasteiger partial charge >= 0.3 is 0 Å². The Morgan fingerprint density at radius 1 is 0.740 bits per heavy atom. The highest BCUT2D eigenvalue weighted by molar-refractivity contribution is 7.45. The number of unbranched alkanes of at least 4 members (excludes halogenated alkanes) is 17. The zero-order valence-corrected chi connectivity index (χ0v) is 33.5. The molecule has 0 spiro atoms. The van der Waals surface area contributed by atoms with Gasteiger partial charge in [0.25, 0.3) is 7.82 Å². The summed E-state index contributed by atoms with van der Waals surface area (Å²) in [7, 11) is 1.20. The fourth-order valence-electron chi connectivity index (χ4n) is 5.31. The summed E-state index contributed by atoms with van der Waals surface area (Å²) in [5.74, 6) is -0.0617. The fraction of sp³-hybridized carbons (Fsp3) is 0.800. The van der Waals surface area contributed by atoms with Gasteiger partial charge in [0.1, 0.15) is 13.2 Å². The largest absolute Gasteiger partial charge is 0.756 e. The van der Waals surface area contributed by atoms with Crippen LogP contribution in [0.15, 0.2) is 36.5 Å². The van der Waals surface area contributed by atoms with Gasteiger partial charge in [-0.2, -0.15) is 0 Å². The summed E-state index contributed by atoms with van der Waals surface area (Å²) >= 11 is 0. The molecule has 0 bridgehead atoms. The number of nitrogens with zero attached hydrogens (tertiary/aromatic N) is 1. The molecule has 2 N–H and O–H groups in total. The molecule has 0 rings (SSSR count). The molecule has 0 aromatic heterocycles. The first-order chi connectivity index (χ1) is 23.9. The average Bonchev–Trinajstić information content (AvgIpc) is 3.05. The molecule has 1 amide bonds. The molecule has 9 nitrogen and oxygen atoms in total. The van der Waals surface area contributed by atoms with E-state index in [0.29, 0.717) is 23.9 Å². The van der Waals surface area contributed by atoms with E-state index in [2.05, 4.69) is 25.2 Å². The van der Waals surface area contributed by atoms with Gasteiger partial charge < -0.3 is 28.8 Å². The first kappa shape index (κ1) is 48.4. The molecular weight excluding hydrogens is 651 g/mol. The first-order valence-corrected chi connectivity index (χ1v) is 21.3. The minimum Gasteiger partial charge on any atom is -0.756 e. The van der Waals surface area contributed by atoms with Crippen LogP contribution in [0.5, 0.6) is 0 Å². The van der Waals surface area contributed by atoms with E-state index in [4.69, 9.17) is 9.05 Å². The highest BCUT2D eigenvalue weighted by Crippen LogP contribution is 2.38. The van der Waals surface area contributed by atoms with Crippen molar-refractivity contribution >= 4 is 19.5 Å². The summed E-state index contributed by atoms with van der Waals surface area (Å²) in [5.41, 5.74) is 0. The summed E-state index contributed by atoms with van der Waals surface area (Å²) in [6.07, 6.45) is 33.0. The molecule has 1 unspecified atom stereocenters. The predicted octanol–water partition coefficient (Wildman–Crippen LogP) is 8.90. The number of hydrogen-bond donors (Lipinski definition) is 2. The Labute approximate surface area is 306 Å². The van der Waals surface area contributed by atoms with Gasteiger partial charge in [-0.25, -0.2) is 0 Å². The van der Waals surface area contributed by atoms with E-state index < -0.39 is 26.6 Å². The summed E-state index contributed by atoms with van der Waals surface area (Å²) in [5, 5.41) is 13.7. The minimum atomic E-state index is -4.60. The van der Waals surface area contributed by atoms with Crippen molar-refractivity contribution in [2.75, 3.05) is 40.9 Å². The molecule has 0 radical (unpaired) electrons.